The molecule has 94 valence electrons. The zero-order valence-electron chi connectivity index (χ0n) is 10.1. The largest absolute Gasteiger partial charge is 0.395 e. The second-order valence-corrected chi connectivity index (χ2v) is 3.67. The van der Waals surface area contributed by atoms with E-state index >= 15 is 0 Å². The normalized spacial score (nSPS) is 10.1. The third-order valence-corrected chi connectivity index (χ3v) is 2.34. The SMILES string of the molecule is COCc1ccccc1NC(=O)N(C)CCO. The van der Waals surface area contributed by atoms with Crippen LogP contribution in [0.1, 0.15) is 5.56 Å². The predicted molar refractivity (Wildman–Crippen MR) is 65.9 cm³/mol. The van der Waals surface area contributed by atoms with Gasteiger partial charge in [0.1, 0.15) is 0 Å². The Labute approximate surface area is 101 Å². The lowest BCUT2D eigenvalue weighted by Gasteiger charge is -2.18. The van der Waals surface area contributed by atoms with Gasteiger partial charge in [-0.25, -0.2) is 4.79 Å². The van der Waals surface area contributed by atoms with E-state index in [2.05, 4.69) is 5.32 Å². The van der Waals surface area contributed by atoms with Gasteiger partial charge in [0.15, 0.2) is 0 Å². The van der Waals surface area contributed by atoms with Crippen molar-refractivity contribution in [3.05, 3.63) is 29.8 Å². The highest BCUT2D eigenvalue weighted by Gasteiger charge is 2.09. The third kappa shape index (κ3) is 4.05. The molecule has 0 spiro atoms. The summed E-state index contributed by atoms with van der Waals surface area (Å²) in [5, 5.41) is 11.5. The fourth-order valence-electron chi connectivity index (χ4n) is 1.39. The van der Waals surface area contributed by atoms with Crippen molar-refractivity contribution in [3.8, 4) is 0 Å². The topological polar surface area (TPSA) is 61.8 Å². The number of para-hydroxylation sites is 1. The van der Waals surface area contributed by atoms with Crippen LogP contribution in [0.5, 0.6) is 0 Å². The predicted octanol–water partition coefficient (Wildman–Crippen LogP) is 1.29. The summed E-state index contributed by atoms with van der Waals surface area (Å²) in [6.07, 6.45) is 0. The number of hydrogen-bond donors (Lipinski definition) is 2. The van der Waals surface area contributed by atoms with Gasteiger partial charge in [0.2, 0.25) is 0 Å². The maximum atomic E-state index is 11.7. The van der Waals surface area contributed by atoms with E-state index < -0.39 is 0 Å². The van der Waals surface area contributed by atoms with Gasteiger partial charge in [-0.05, 0) is 6.07 Å². The fraction of sp³-hybridized carbons (Fsp3) is 0.417. The molecule has 0 aromatic heterocycles. The number of hydrogen-bond acceptors (Lipinski definition) is 3. The molecule has 0 heterocycles. The molecule has 1 aromatic carbocycles. The third-order valence-electron chi connectivity index (χ3n) is 2.34. The van der Waals surface area contributed by atoms with E-state index in [1.807, 2.05) is 24.3 Å². The standard InChI is InChI=1S/C12H18N2O3/c1-14(7-8-15)12(16)13-11-6-4-3-5-10(11)9-17-2/h3-6,15H,7-9H2,1-2H3,(H,13,16). The molecule has 0 aliphatic carbocycles. The molecule has 0 bridgehead atoms. The summed E-state index contributed by atoms with van der Waals surface area (Å²) in [5.41, 5.74) is 1.64. The van der Waals surface area contributed by atoms with Crippen LogP contribution in [0.25, 0.3) is 0 Å². The van der Waals surface area contributed by atoms with Crippen LogP contribution in [0.15, 0.2) is 24.3 Å². The first kappa shape index (κ1) is 13.5. The zero-order chi connectivity index (χ0) is 12.7. The van der Waals surface area contributed by atoms with Crippen LogP contribution in [0.3, 0.4) is 0 Å². The minimum absolute atomic E-state index is 0.0519. The summed E-state index contributed by atoms with van der Waals surface area (Å²) in [6, 6.07) is 7.20. The quantitative estimate of drug-likeness (QED) is 0.812. The molecule has 0 aliphatic rings. The number of nitrogens with zero attached hydrogens (tertiary/aromatic N) is 1. The molecular formula is C12H18N2O3. The lowest BCUT2D eigenvalue weighted by molar-refractivity contribution is 0.185. The van der Waals surface area contributed by atoms with E-state index in [-0.39, 0.29) is 12.6 Å². The Kier molecular flexibility index (Phi) is 5.45. The van der Waals surface area contributed by atoms with Crippen molar-refractivity contribution in [2.75, 3.05) is 32.6 Å². The van der Waals surface area contributed by atoms with Crippen LogP contribution >= 0.6 is 0 Å². The lowest BCUT2D eigenvalue weighted by atomic mass is 10.2. The molecule has 2 amide bonds. The van der Waals surface area contributed by atoms with Gasteiger partial charge in [-0.2, -0.15) is 0 Å². The Morgan fingerprint density at radius 3 is 2.82 bits per heavy atom. The summed E-state index contributed by atoms with van der Waals surface area (Å²) in [5.74, 6) is 0. The van der Waals surface area contributed by atoms with Crippen molar-refractivity contribution in [2.24, 2.45) is 0 Å². The Balaban J connectivity index is 2.70. The Bertz CT molecular complexity index is 369. The molecule has 0 saturated heterocycles. The van der Waals surface area contributed by atoms with Crippen LogP contribution in [0.2, 0.25) is 0 Å². The van der Waals surface area contributed by atoms with Crippen LogP contribution in [-0.4, -0.2) is 43.3 Å². The number of methoxy groups -OCH3 is 1. The molecule has 1 rings (SSSR count). The summed E-state index contributed by atoms with van der Waals surface area (Å²) in [4.78, 5) is 13.1. The minimum Gasteiger partial charge on any atom is -0.395 e. The van der Waals surface area contributed by atoms with Crippen LogP contribution in [0.4, 0.5) is 10.5 Å². The Hall–Kier alpha value is -1.59. The van der Waals surface area contributed by atoms with E-state index in [9.17, 15) is 4.79 Å². The molecular weight excluding hydrogens is 220 g/mol. The number of carbonyl (C=O) groups is 1. The van der Waals surface area contributed by atoms with Crippen molar-refractivity contribution >= 4 is 11.7 Å². The minimum atomic E-state index is -0.248. The van der Waals surface area contributed by atoms with Gasteiger partial charge in [-0.1, -0.05) is 18.2 Å². The summed E-state index contributed by atoms with van der Waals surface area (Å²) in [6.45, 7) is 0.697. The summed E-state index contributed by atoms with van der Waals surface area (Å²) in [7, 11) is 3.24. The number of aliphatic hydroxyl groups is 1. The van der Waals surface area contributed by atoms with Gasteiger partial charge in [0, 0.05) is 32.0 Å². The first-order valence-corrected chi connectivity index (χ1v) is 5.39. The van der Waals surface area contributed by atoms with E-state index in [0.717, 1.165) is 11.3 Å². The number of likely N-dealkylation sites (N-methyl/N-ethyl adjacent to an activating group) is 1. The van der Waals surface area contributed by atoms with Crippen molar-refractivity contribution in [1.29, 1.82) is 0 Å². The molecule has 5 nitrogen and oxygen atoms in total. The Morgan fingerprint density at radius 2 is 2.18 bits per heavy atom. The number of benzene rings is 1. The van der Waals surface area contributed by atoms with E-state index in [4.69, 9.17) is 9.84 Å². The van der Waals surface area contributed by atoms with Crippen LogP contribution < -0.4 is 5.32 Å². The first-order valence-electron chi connectivity index (χ1n) is 5.39. The average molecular weight is 238 g/mol. The number of anilines is 1. The van der Waals surface area contributed by atoms with E-state index in [1.54, 1.807) is 14.2 Å². The number of aliphatic hydroxyl groups excluding tert-OH is 1. The van der Waals surface area contributed by atoms with Crippen molar-refractivity contribution < 1.29 is 14.6 Å². The van der Waals surface area contributed by atoms with Gasteiger partial charge in [0.25, 0.3) is 0 Å². The molecule has 0 saturated carbocycles. The van der Waals surface area contributed by atoms with Crippen molar-refractivity contribution in [1.82, 2.24) is 4.90 Å². The molecule has 0 radical (unpaired) electrons. The highest BCUT2D eigenvalue weighted by atomic mass is 16.5. The molecule has 2 N–H and O–H groups in total. The van der Waals surface area contributed by atoms with Gasteiger partial charge >= 0.3 is 6.03 Å². The smallest absolute Gasteiger partial charge is 0.321 e. The van der Waals surface area contributed by atoms with Gasteiger partial charge in [0.05, 0.1) is 13.2 Å². The monoisotopic (exact) mass is 238 g/mol. The zero-order valence-corrected chi connectivity index (χ0v) is 10.1. The van der Waals surface area contributed by atoms with Crippen LogP contribution in [0, 0.1) is 0 Å². The lowest BCUT2D eigenvalue weighted by Crippen LogP contribution is -2.33. The van der Waals surface area contributed by atoms with Gasteiger partial charge in [-0.15, -0.1) is 0 Å². The summed E-state index contributed by atoms with van der Waals surface area (Å²) >= 11 is 0. The van der Waals surface area contributed by atoms with Gasteiger partial charge < -0.3 is 20.1 Å². The molecule has 0 fully saturated rings. The van der Waals surface area contributed by atoms with E-state index in [0.29, 0.717) is 13.2 Å². The fourth-order valence-corrected chi connectivity index (χ4v) is 1.39. The highest BCUT2D eigenvalue weighted by molar-refractivity contribution is 5.89. The van der Waals surface area contributed by atoms with Crippen LogP contribution in [-0.2, 0) is 11.3 Å². The summed E-state index contributed by atoms with van der Waals surface area (Å²) < 4.78 is 5.05. The number of ether oxygens (including phenoxy) is 1. The number of nitrogens with one attached hydrogen (secondary N) is 1. The highest BCUT2D eigenvalue weighted by Crippen LogP contribution is 2.16. The second kappa shape index (κ2) is 6.88. The molecule has 17 heavy (non-hydrogen) atoms. The maximum absolute atomic E-state index is 11.7. The Morgan fingerprint density at radius 1 is 1.47 bits per heavy atom. The molecule has 0 unspecified atom stereocenters. The number of carbonyl (C=O) groups excluding carboxylic acids is 1. The molecule has 1 aromatic rings. The number of amides is 2. The van der Waals surface area contributed by atoms with Crippen molar-refractivity contribution in [3.63, 3.8) is 0 Å². The average Bonchev–Trinajstić information content (AvgIpc) is 2.32. The maximum Gasteiger partial charge on any atom is 0.321 e. The molecule has 0 aliphatic heterocycles. The second-order valence-electron chi connectivity index (χ2n) is 3.67. The first-order chi connectivity index (χ1) is 8.19. The molecule has 0 atom stereocenters. The number of rotatable bonds is 5. The number of urea groups is 1. The molecule has 5 heteroatoms. The van der Waals surface area contributed by atoms with E-state index in [1.165, 1.54) is 4.90 Å². The van der Waals surface area contributed by atoms with Crippen molar-refractivity contribution in [2.45, 2.75) is 6.61 Å². The van der Waals surface area contributed by atoms with Gasteiger partial charge in [-0.3, -0.25) is 0 Å².